The van der Waals surface area contributed by atoms with Crippen LogP contribution >= 0.6 is 0 Å². The van der Waals surface area contributed by atoms with Gasteiger partial charge in [0.25, 0.3) is 0 Å². The molecule has 2 heterocycles. The Balaban J connectivity index is 1.68. The molecule has 0 atom stereocenters. The SMILES string of the molecule is O=C(O)CCOC1CCN(C(=O)Cn2cnnn2)CC1. The molecule has 1 aliphatic rings. The van der Waals surface area contributed by atoms with Crippen molar-refractivity contribution in [3.63, 3.8) is 0 Å². The van der Waals surface area contributed by atoms with Gasteiger partial charge in [-0.05, 0) is 23.3 Å². The van der Waals surface area contributed by atoms with Crippen LogP contribution in [0, 0.1) is 0 Å². The number of hydrogen-bond acceptors (Lipinski definition) is 6. The Kier molecular flexibility index (Phi) is 4.99. The molecule has 1 aromatic rings. The molecular formula is C11H17N5O4. The minimum Gasteiger partial charge on any atom is -0.481 e. The number of aromatic nitrogens is 4. The van der Waals surface area contributed by atoms with E-state index in [9.17, 15) is 9.59 Å². The van der Waals surface area contributed by atoms with Crippen molar-refractivity contribution < 1.29 is 19.4 Å². The number of carboxylic acids is 1. The number of likely N-dealkylation sites (tertiary alicyclic amines) is 1. The molecule has 9 heteroatoms. The van der Waals surface area contributed by atoms with Crippen LogP contribution in [0.3, 0.4) is 0 Å². The Morgan fingerprint density at radius 1 is 1.35 bits per heavy atom. The van der Waals surface area contributed by atoms with Gasteiger partial charge in [0.15, 0.2) is 0 Å². The van der Waals surface area contributed by atoms with E-state index in [2.05, 4.69) is 15.5 Å². The van der Waals surface area contributed by atoms with Crippen molar-refractivity contribution >= 4 is 11.9 Å². The Morgan fingerprint density at radius 3 is 2.70 bits per heavy atom. The highest BCUT2D eigenvalue weighted by Crippen LogP contribution is 2.14. The van der Waals surface area contributed by atoms with E-state index in [1.54, 1.807) is 4.90 Å². The molecule has 0 radical (unpaired) electrons. The molecule has 2 rings (SSSR count). The molecule has 9 nitrogen and oxygen atoms in total. The second-order valence-corrected chi connectivity index (χ2v) is 4.60. The standard InChI is InChI=1S/C11H17N5O4/c17-10(7-16-8-12-13-14-16)15-4-1-9(2-5-15)20-6-3-11(18)19/h8-9H,1-7H2,(H,18,19). The summed E-state index contributed by atoms with van der Waals surface area (Å²) in [6, 6.07) is 0. The summed E-state index contributed by atoms with van der Waals surface area (Å²) < 4.78 is 6.86. The van der Waals surface area contributed by atoms with E-state index in [1.165, 1.54) is 11.0 Å². The third-order valence-corrected chi connectivity index (χ3v) is 3.15. The maximum absolute atomic E-state index is 12.0. The molecule has 110 valence electrons. The van der Waals surface area contributed by atoms with Gasteiger partial charge in [0, 0.05) is 13.1 Å². The molecule has 0 aliphatic carbocycles. The van der Waals surface area contributed by atoms with Crippen molar-refractivity contribution in [2.45, 2.75) is 31.9 Å². The van der Waals surface area contributed by atoms with Gasteiger partial charge in [-0.25, -0.2) is 4.68 Å². The number of carbonyl (C=O) groups excluding carboxylic acids is 1. The number of nitrogens with zero attached hydrogens (tertiary/aromatic N) is 5. The van der Waals surface area contributed by atoms with Crippen molar-refractivity contribution in [2.24, 2.45) is 0 Å². The molecule has 0 saturated carbocycles. The van der Waals surface area contributed by atoms with Crippen LogP contribution in [0.15, 0.2) is 6.33 Å². The van der Waals surface area contributed by atoms with Crippen LogP contribution in [0.4, 0.5) is 0 Å². The van der Waals surface area contributed by atoms with E-state index in [1.807, 2.05) is 0 Å². The van der Waals surface area contributed by atoms with Gasteiger partial charge in [-0.2, -0.15) is 0 Å². The number of amides is 1. The molecule has 1 aromatic heterocycles. The summed E-state index contributed by atoms with van der Waals surface area (Å²) in [5.41, 5.74) is 0. The van der Waals surface area contributed by atoms with Gasteiger partial charge in [-0.3, -0.25) is 9.59 Å². The van der Waals surface area contributed by atoms with Crippen molar-refractivity contribution in [1.82, 2.24) is 25.1 Å². The average Bonchev–Trinajstić information content (AvgIpc) is 2.92. The number of carboxylic acid groups (broad SMARTS) is 1. The van der Waals surface area contributed by atoms with E-state index in [0.29, 0.717) is 13.1 Å². The first kappa shape index (κ1) is 14.4. The molecule has 0 bridgehead atoms. The van der Waals surface area contributed by atoms with E-state index < -0.39 is 5.97 Å². The second kappa shape index (κ2) is 6.94. The van der Waals surface area contributed by atoms with Gasteiger partial charge >= 0.3 is 5.97 Å². The summed E-state index contributed by atoms with van der Waals surface area (Å²) in [5, 5.41) is 19.1. The third-order valence-electron chi connectivity index (χ3n) is 3.15. The lowest BCUT2D eigenvalue weighted by molar-refractivity contribution is -0.139. The smallest absolute Gasteiger partial charge is 0.305 e. The molecule has 1 N–H and O–H groups in total. The first-order chi connectivity index (χ1) is 9.65. The van der Waals surface area contributed by atoms with Crippen LogP contribution in [-0.4, -0.2) is 67.9 Å². The van der Waals surface area contributed by atoms with Gasteiger partial charge in [0.2, 0.25) is 5.91 Å². The molecular weight excluding hydrogens is 266 g/mol. The van der Waals surface area contributed by atoms with Crippen molar-refractivity contribution in [2.75, 3.05) is 19.7 Å². The van der Waals surface area contributed by atoms with Crippen LogP contribution in [0.25, 0.3) is 0 Å². The predicted octanol–water partition coefficient (Wildman–Crippen LogP) is -0.845. The zero-order chi connectivity index (χ0) is 14.4. The number of rotatable bonds is 6. The summed E-state index contributed by atoms with van der Waals surface area (Å²) in [7, 11) is 0. The fourth-order valence-electron chi connectivity index (χ4n) is 2.08. The van der Waals surface area contributed by atoms with Crippen LogP contribution < -0.4 is 0 Å². The van der Waals surface area contributed by atoms with Gasteiger partial charge in [0.1, 0.15) is 12.9 Å². The van der Waals surface area contributed by atoms with Crippen molar-refractivity contribution in [1.29, 1.82) is 0 Å². The van der Waals surface area contributed by atoms with E-state index in [-0.39, 0.29) is 31.6 Å². The number of aliphatic carboxylic acids is 1. The van der Waals surface area contributed by atoms with E-state index >= 15 is 0 Å². The zero-order valence-electron chi connectivity index (χ0n) is 11.0. The second-order valence-electron chi connectivity index (χ2n) is 4.60. The lowest BCUT2D eigenvalue weighted by Gasteiger charge is -2.31. The van der Waals surface area contributed by atoms with Crippen LogP contribution in [-0.2, 0) is 20.9 Å². The van der Waals surface area contributed by atoms with Crippen LogP contribution in [0.5, 0.6) is 0 Å². The highest BCUT2D eigenvalue weighted by Gasteiger charge is 2.23. The monoisotopic (exact) mass is 283 g/mol. The Hall–Kier alpha value is -2.03. The summed E-state index contributed by atoms with van der Waals surface area (Å²) in [4.78, 5) is 24.1. The first-order valence-corrected chi connectivity index (χ1v) is 6.47. The topological polar surface area (TPSA) is 110 Å². The van der Waals surface area contributed by atoms with Crippen LogP contribution in [0.1, 0.15) is 19.3 Å². The molecule has 1 saturated heterocycles. The van der Waals surface area contributed by atoms with Gasteiger partial charge in [-0.1, -0.05) is 0 Å². The summed E-state index contributed by atoms with van der Waals surface area (Å²) in [5.74, 6) is -0.889. The predicted molar refractivity (Wildman–Crippen MR) is 65.6 cm³/mol. The Labute approximate surface area is 115 Å². The third kappa shape index (κ3) is 4.26. The normalized spacial score (nSPS) is 16.3. The van der Waals surface area contributed by atoms with Gasteiger partial charge < -0.3 is 14.7 Å². The minimum atomic E-state index is -0.862. The Bertz CT molecular complexity index is 442. The lowest BCUT2D eigenvalue weighted by atomic mass is 10.1. The number of piperidine rings is 1. The average molecular weight is 283 g/mol. The van der Waals surface area contributed by atoms with Gasteiger partial charge in [-0.15, -0.1) is 5.10 Å². The first-order valence-electron chi connectivity index (χ1n) is 6.47. The van der Waals surface area contributed by atoms with E-state index in [0.717, 1.165) is 12.8 Å². The largest absolute Gasteiger partial charge is 0.481 e. The molecule has 1 aliphatic heterocycles. The van der Waals surface area contributed by atoms with Crippen LogP contribution in [0.2, 0.25) is 0 Å². The van der Waals surface area contributed by atoms with Gasteiger partial charge in [0.05, 0.1) is 19.1 Å². The number of tetrazole rings is 1. The molecule has 1 fully saturated rings. The minimum absolute atomic E-state index is 0.0123. The zero-order valence-corrected chi connectivity index (χ0v) is 11.0. The highest BCUT2D eigenvalue weighted by molar-refractivity contribution is 5.75. The van der Waals surface area contributed by atoms with Crippen molar-refractivity contribution in [3.8, 4) is 0 Å². The summed E-state index contributed by atoms with van der Waals surface area (Å²) in [6.07, 6.45) is 2.89. The van der Waals surface area contributed by atoms with Crippen molar-refractivity contribution in [3.05, 3.63) is 6.33 Å². The summed E-state index contributed by atoms with van der Waals surface area (Å²) >= 11 is 0. The fourth-order valence-corrected chi connectivity index (χ4v) is 2.08. The number of carbonyl (C=O) groups is 2. The highest BCUT2D eigenvalue weighted by atomic mass is 16.5. The molecule has 1 amide bonds. The van der Waals surface area contributed by atoms with E-state index in [4.69, 9.17) is 9.84 Å². The molecule has 20 heavy (non-hydrogen) atoms. The Morgan fingerprint density at radius 2 is 2.10 bits per heavy atom. The number of hydrogen-bond donors (Lipinski definition) is 1. The summed E-state index contributed by atoms with van der Waals surface area (Å²) in [6.45, 7) is 1.58. The molecule has 0 spiro atoms. The molecule has 0 aromatic carbocycles. The maximum atomic E-state index is 12.0. The molecule has 0 unspecified atom stereocenters. The fraction of sp³-hybridized carbons (Fsp3) is 0.727. The number of ether oxygens (including phenoxy) is 1. The maximum Gasteiger partial charge on any atom is 0.305 e. The quantitative estimate of drug-likeness (QED) is 0.724. The lowest BCUT2D eigenvalue weighted by Crippen LogP contribution is -2.42.